The molecule has 5 nitrogen and oxygen atoms in total. The number of halogens is 1. The molecule has 2 rings (SSSR count). The fourth-order valence-electron chi connectivity index (χ4n) is 1.52. The zero-order valence-electron chi connectivity index (χ0n) is 10.1. The predicted molar refractivity (Wildman–Crippen MR) is 65.5 cm³/mol. The van der Waals surface area contributed by atoms with E-state index in [0.29, 0.717) is 28.1 Å². The molecule has 0 saturated carbocycles. The van der Waals surface area contributed by atoms with Crippen LogP contribution in [-0.4, -0.2) is 15.2 Å². The van der Waals surface area contributed by atoms with Gasteiger partial charge in [0.25, 0.3) is 5.89 Å². The highest BCUT2D eigenvalue weighted by molar-refractivity contribution is 6.30. The van der Waals surface area contributed by atoms with Crippen molar-refractivity contribution >= 4 is 11.6 Å². The summed E-state index contributed by atoms with van der Waals surface area (Å²) < 4.78 is 10.5. The third-order valence-corrected chi connectivity index (χ3v) is 2.58. The van der Waals surface area contributed by atoms with Crippen molar-refractivity contribution in [3.8, 4) is 5.75 Å². The Morgan fingerprint density at radius 1 is 1.50 bits per heavy atom. The number of benzene rings is 1. The summed E-state index contributed by atoms with van der Waals surface area (Å²) in [6.07, 6.45) is -0.664. The Hall–Kier alpha value is -1.59. The van der Waals surface area contributed by atoms with Crippen LogP contribution in [0.1, 0.15) is 30.3 Å². The number of aromatic nitrogens is 2. The standard InChI is InChI=1S/C12H13ClN2O3/c1-7(16)10-5-9(13)3-4-11(10)17-6-12-14-8(2)15-18-12/h3-5,7,16H,6H2,1-2H3/t7-/m0/s1. The highest BCUT2D eigenvalue weighted by atomic mass is 35.5. The van der Waals surface area contributed by atoms with Gasteiger partial charge in [-0.3, -0.25) is 0 Å². The van der Waals surface area contributed by atoms with Crippen molar-refractivity contribution in [2.45, 2.75) is 26.6 Å². The fourth-order valence-corrected chi connectivity index (χ4v) is 1.70. The summed E-state index contributed by atoms with van der Waals surface area (Å²) in [5.41, 5.74) is 0.624. The summed E-state index contributed by atoms with van der Waals surface area (Å²) >= 11 is 5.87. The molecule has 0 saturated heterocycles. The van der Waals surface area contributed by atoms with Gasteiger partial charge in [0, 0.05) is 10.6 Å². The normalized spacial score (nSPS) is 12.4. The molecule has 0 aliphatic carbocycles. The molecule has 0 spiro atoms. The topological polar surface area (TPSA) is 68.4 Å². The molecule has 0 amide bonds. The minimum Gasteiger partial charge on any atom is -0.483 e. The number of rotatable bonds is 4. The molecule has 96 valence electrons. The monoisotopic (exact) mass is 268 g/mol. The van der Waals surface area contributed by atoms with Crippen molar-refractivity contribution in [1.82, 2.24) is 10.1 Å². The lowest BCUT2D eigenvalue weighted by Gasteiger charge is -2.12. The van der Waals surface area contributed by atoms with E-state index in [1.165, 1.54) is 0 Å². The molecule has 6 heteroatoms. The molecule has 0 aliphatic heterocycles. The zero-order valence-corrected chi connectivity index (χ0v) is 10.8. The molecule has 2 aromatic rings. The number of aliphatic hydroxyl groups excluding tert-OH is 1. The second kappa shape index (κ2) is 5.37. The van der Waals surface area contributed by atoms with Gasteiger partial charge in [-0.1, -0.05) is 16.8 Å². The Labute approximate surface area is 109 Å². The Kier molecular flexibility index (Phi) is 3.84. The molecule has 0 bridgehead atoms. The van der Waals surface area contributed by atoms with Gasteiger partial charge in [0.1, 0.15) is 5.75 Å². The van der Waals surface area contributed by atoms with Crippen LogP contribution in [0.25, 0.3) is 0 Å². The second-order valence-corrected chi connectivity index (χ2v) is 4.32. The molecule has 0 aliphatic rings. The molecule has 1 aromatic heterocycles. The van der Waals surface area contributed by atoms with Crippen molar-refractivity contribution in [2.24, 2.45) is 0 Å². The van der Waals surface area contributed by atoms with E-state index in [1.807, 2.05) is 0 Å². The number of hydrogen-bond donors (Lipinski definition) is 1. The van der Waals surface area contributed by atoms with Crippen LogP contribution >= 0.6 is 11.6 Å². The first-order valence-corrected chi connectivity index (χ1v) is 5.83. The van der Waals surface area contributed by atoms with Crippen molar-refractivity contribution in [3.63, 3.8) is 0 Å². The zero-order chi connectivity index (χ0) is 13.1. The molecule has 0 unspecified atom stereocenters. The van der Waals surface area contributed by atoms with Crippen LogP contribution in [0.3, 0.4) is 0 Å². The van der Waals surface area contributed by atoms with Gasteiger partial charge in [0.2, 0.25) is 0 Å². The van der Waals surface area contributed by atoms with E-state index in [-0.39, 0.29) is 6.61 Å². The average Bonchev–Trinajstić information content (AvgIpc) is 2.73. The summed E-state index contributed by atoms with van der Waals surface area (Å²) in [7, 11) is 0. The summed E-state index contributed by atoms with van der Waals surface area (Å²) in [6, 6.07) is 5.07. The number of nitrogens with zero attached hydrogens (tertiary/aromatic N) is 2. The highest BCUT2D eigenvalue weighted by Gasteiger charge is 2.11. The summed E-state index contributed by atoms with van der Waals surface area (Å²) in [5.74, 6) is 1.49. The third kappa shape index (κ3) is 3.00. The second-order valence-electron chi connectivity index (χ2n) is 3.88. The minimum absolute atomic E-state index is 0.155. The lowest BCUT2D eigenvalue weighted by Crippen LogP contribution is -2.01. The van der Waals surface area contributed by atoms with E-state index in [0.717, 1.165) is 0 Å². The summed E-state index contributed by atoms with van der Waals surface area (Å²) in [4.78, 5) is 4.03. The maximum atomic E-state index is 9.64. The smallest absolute Gasteiger partial charge is 0.264 e. The van der Waals surface area contributed by atoms with E-state index in [2.05, 4.69) is 10.1 Å². The van der Waals surface area contributed by atoms with E-state index in [1.54, 1.807) is 32.0 Å². The third-order valence-electron chi connectivity index (χ3n) is 2.34. The molecule has 0 fully saturated rings. The quantitative estimate of drug-likeness (QED) is 0.923. The van der Waals surface area contributed by atoms with Crippen molar-refractivity contribution in [2.75, 3.05) is 0 Å². The van der Waals surface area contributed by atoms with Gasteiger partial charge < -0.3 is 14.4 Å². The fraction of sp³-hybridized carbons (Fsp3) is 0.333. The summed E-state index contributed by atoms with van der Waals surface area (Å²) in [6.45, 7) is 3.54. The average molecular weight is 269 g/mol. The van der Waals surface area contributed by atoms with Crippen LogP contribution in [0.4, 0.5) is 0 Å². The summed E-state index contributed by atoms with van der Waals surface area (Å²) in [5, 5.41) is 13.9. The van der Waals surface area contributed by atoms with Crippen molar-refractivity contribution in [3.05, 3.63) is 40.5 Å². The lowest BCUT2D eigenvalue weighted by atomic mass is 10.1. The first-order chi connectivity index (χ1) is 8.56. The van der Waals surface area contributed by atoms with Crippen LogP contribution in [0, 0.1) is 6.92 Å². The number of ether oxygens (including phenoxy) is 1. The maximum Gasteiger partial charge on any atom is 0.264 e. The largest absolute Gasteiger partial charge is 0.483 e. The van der Waals surface area contributed by atoms with Gasteiger partial charge in [0.15, 0.2) is 12.4 Å². The van der Waals surface area contributed by atoms with Crippen LogP contribution in [0.5, 0.6) is 5.75 Å². The van der Waals surface area contributed by atoms with Gasteiger partial charge >= 0.3 is 0 Å². The first kappa shape index (κ1) is 12.9. The predicted octanol–water partition coefficient (Wildman–Crippen LogP) is 2.66. The van der Waals surface area contributed by atoms with Crippen molar-refractivity contribution < 1.29 is 14.4 Å². The van der Waals surface area contributed by atoms with Gasteiger partial charge in [-0.2, -0.15) is 4.98 Å². The van der Waals surface area contributed by atoms with Gasteiger partial charge in [-0.25, -0.2) is 0 Å². The molecule has 1 aromatic carbocycles. The van der Waals surface area contributed by atoms with E-state index >= 15 is 0 Å². The molecule has 0 radical (unpaired) electrons. The van der Waals surface area contributed by atoms with Crippen molar-refractivity contribution in [1.29, 1.82) is 0 Å². The molecule has 18 heavy (non-hydrogen) atoms. The van der Waals surface area contributed by atoms with E-state index in [9.17, 15) is 5.11 Å². The van der Waals surface area contributed by atoms with Gasteiger partial charge in [-0.15, -0.1) is 0 Å². The van der Waals surface area contributed by atoms with Crippen LogP contribution in [0.2, 0.25) is 5.02 Å². The molecule has 1 atom stereocenters. The van der Waals surface area contributed by atoms with E-state index < -0.39 is 6.10 Å². The Balaban J connectivity index is 2.13. The molecular formula is C12H13ClN2O3. The first-order valence-electron chi connectivity index (χ1n) is 5.46. The number of hydrogen-bond acceptors (Lipinski definition) is 5. The Bertz CT molecular complexity index is 540. The SMILES string of the molecule is Cc1noc(COc2ccc(Cl)cc2[C@H](C)O)n1. The highest BCUT2D eigenvalue weighted by Crippen LogP contribution is 2.28. The minimum atomic E-state index is -0.664. The van der Waals surface area contributed by atoms with E-state index in [4.69, 9.17) is 20.9 Å². The molecule has 1 N–H and O–H groups in total. The molecular weight excluding hydrogens is 256 g/mol. The maximum absolute atomic E-state index is 9.64. The van der Waals surface area contributed by atoms with Crippen LogP contribution in [-0.2, 0) is 6.61 Å². The van der Waals surface area contributed by atoms with Gasteiger partial charge in [-0.05, 0) is 32.0 Å². The number of aliphatic hydroxyl groups is 1. The Morgan fingerprint density at radius 3 is 2.89 bits per heavy atom. The van der Waals surface area contributed by atoms with Crippen LogP contribution in [0.15, 0.2) is 22.7 Å². The van der Waals surface area contributed by atoms with Gasteiger partial charge in [0.05, 0.1) is 6.10 Å². The Morgan fingerprint density at radius 2 is 2.28 bits per heavy atom. The number of aryl methyl sites for hydroxylation is 1. The molecule has 1 heterocycles. The van der Waals surface area contributed by atoms with Crippen LogP contribution < -0.4 is 4.74 Å². The lowest BCUT2D eigenvalue weighted by molar-refractivity contribution is 0.185.